The zero-order valence-corrected chi connectivity index (χ0v) is 14.0. The molecule has 7 heteroatoms. The molecule has 0 heterocycles. The minimum absolute atomic E-state index is 0.344. The molecule has 24 heavy (non-hydrogen) atoms. The second-order valence-electron chi connectivity index (χ2n) is 5.28. The SMILES string of the molecule is Cc1cc(F)ccc1NC(=O)/C=C/c1ccc(NS(C)(=O)=O)cc1. The number of anilines is 2. The zero-order chi connectivity index (χ0) is 17.7. The summed E-state index contributed by atoms with van der Waals surface area (Å²) >= 11 is 0. The summed E-state index contributed by atoms with van der Waals surface area (Å²) in [6, 6.07) is 10.7. The van der Waals surface area contributed by atoms with Crippen LogP contribution in [0.15, 0.2) is 48.5 Å². The van der Waals surface area contributed by atoms with Crippen LogP contribution in [-0.4, -0.2) is 20.6 Å². The summed E-state index contributed by atoms with van der Waals surface area (Å²) in [6.07, 6.45) is 4.02. The van der Waals surface area contributed by atoms with Crippen LogP contribution in [-0.2, 0) is 14.8 Å². The minimum atomic E-state index is -3.32. The van der Waals surface area contributed by atoms with Gasteiger partial charge >= 0.3 is 0 Å². The standard InChI is InChI=1S/C17H17FN2O3S/c1-12-11-14(18)6-9-16(12)19-17(21)10-5-13-3-7-15(8-4-13)20-24(2,22)23/h3-11,20H,1-2H3,(H,19,21)/b10-5+. The van der Waals surface area contributed by atoms with Gasteiger partial charge in [0, 0.05) is 17.5 Å². The van der Waals surface area contributed by atoms with Gasteiger partial charge in [-0.3, -0.25) is 9.52 Å². The molecular weight excluding hydrogens is 331 g/mol. The van der Waals surface area contributed by atoms with Crippen LogP contribution in [0, 0.1) is 12.7 Å². The summed E-state index contributed by atoms with van der Waals surface area (Å²) in [5.74, 6) is -0.702. The molecule has 5 nitrogen and oxygen atoms in total. The number of aryl methyl sites for hydroxylation is 1. The molecule has 2 rings (SSSR count). The van der Waals surface area contributed by atoms with E-state index in [-0.39, 0.29) is 11.7 Å². The van der Waals surface area contributed by atoms with Gasteiger partial charge in [0.25, 0.3) is 0 Å². The fourth-order valence-corrected chi connectivity index (χ4v) is 2.55. The van der Waals surface area contributed by atoms with Gasteiger partial charge in [0.2, 0.25) is 15.9 Å². The average Bonchev–Trinajstić information content (AvgIpc) is 2.48. The van der Waals surface area contributed by atoms with Gasteiger partial charge < -0.3 is 5.32 Å². The summed E-state index contributed by atoms with van der Waals surface area (Å²) in [7, 11) is -3.32. The van der Waals surface area contributed by atoms with Crippen molar-refractivity contribution in [1.82, 2.24) is 0 Å². The Kier molecular flexibility index (Phi) is 5.35. The number of halogens is 1. The fourth-order valence-electron chi connectivity index (χ4n) is 1.99. The van der Waals surface area contributed by atoms with Crippen molar-refractivity contribution in [3.63, 3.8) is 0 Å². The average molecular weight is 348 g/mol. The number of carbonyl (C=O) groups excluding carboxylic acids is 1. The lowest BCUT2D eigenvalue weighted by Crippen LogP contribution is -2.09. The lowest BCUT2D eigenvalue weighted by molar-refractivity contribution is -0.111. The Morgan fingerprint density at radius 2 is 1.79 bits per heavy atom. The third kappa shape index (κ3) is 5.51. The van der Waals surface area contributed by atoms with Crippen LogP contribution in [0.5, 0.6) is 0 Å². The van der Waals surface area contributed by atoms with E-state index in [0.717, 1.165) is 11.8 Å². The summed E-state index contributed by atoms with van der Waals surface area (Å²) in [4.78, 5) is 11.9. The topological polar surface area (TPSA) is 75.3 Å². The lowest BCUT2D eigenvalue weighted by atomic mass is 10.2. The van der Waals surface area contributed by atoms with Crippen molar-refractivity contribution in [2.75, 3.05) is 16.3 Å². The molecule has 1 amide bonds. The quantitative estimate of drug-likeness (QED) is 0.815. The smallest absolute Gasteiger partial charge is 0.248 e. The van der Waals surface area contributed by atoms with Crippen molar-refractivity contribution in [1.29, 1.82) is 0 Å². The Bertz CT molecular complexity index is 875. The number of nitrogens with one attached hydrogen (secondary N) is 2. The van der Waals surface area contributed by atoms with Crippen molar-refractivity contribution < 1.29 is 17.6 Å². The molecule has 0 radical (unpaired) electrons. The number of amides is 1. The maximum Gasteiger partial charge on any atom is 0.248 e. The van der Waals surface area contributed by atoms with Crippen LogP contribution in [0.1, 0.15) is 11.1 Å². The number of benzene rings is 2. The van der Waals surface area contributed by atoms with Crippen LogP contribution in [0.2, 0.25) is 0 Å². The van der Waals surface area contributed by atoms with Gasteiger partial charge in [-0.1, -0.05) is 12.1 Å². The van der Waals surface area contributed by atoms with E-state index in [0.29, 0.717) is 16.9 Å². The third-order valence-corrected chi connectivity index (χ3v) is 3.69. The van der Waals surface area contributed by atoms with Crippen LogP contribution in [0.4, 0.5) is 15.8 Å². The molecule has 126 valence electrons. The number of hydrogen-bond acceptors (Lipinski definition) is 3. The maximum atomic E-state index is 13.0. The molecule has 0 aliphatic heterocycles. The zero-order valence-electron chi connectivity index (χ0n) is 13.2. The Hall–Kier alpha value is -2.67. The van der Waals surface area contributed by atoms with Gasteiger partial charge in [0.05, 0.1) is 6.26 Å². The lowest BCUT2D eigenvalue weighted by Gasteiger charge is -2.06. The van der Waals surface area contributed by atoms with Gasteiger partial charge in [-0.25, -0.2) is 12.8 Å². The van der Waals surface area contributed by atoms with Crippen molar-refractivity contribution in [2.45, 2.75) is 6.92 Å². The molecule has 0 fully saturated rings. The molecule has 0 aromatic heterocycles. The Morgan fingerprint density at radius 1 is 1.12 bits per heavy atom. The highest BCUT2D eigenvalue weighted by Gasteiger charge is 2.03. The molecule has 0 aliphatic carbocycles. The van der Waals surface area contributed by atoms with E-state index in [2.05, 4.69) is 10.0 Å². The first-order chi connectivity index (χ1) is 11.2. The molecule has 2 N–H and O–H groups in total. The number of hydrogen-bond donors (Lipinski definition) is 2. The molecule has 0 saturated heterocycles. The highest BCUT2D eigenvalue weighted by Crippen LogP contribution is 2.16. The van der Waals surface area contributed by atoms with E-state index < -0.39 is 10.0 Å². The van der Waals surface area contributed by atoms with E-state index in [4.69, 9.17) is 0 Å². The predicted octanol–water partition coefficient (Wildman–Crippen LogP) is 3.16. The van der Waals surface area contributed by atoms with Gasteiger partial charge in [-0.2, -0.15) is 0 Å². The van der Waals surface area contributed by atoms with Crippen LogP contribution in [0.3, 0.4) is 0 Å². The van der Waals surface area contributed by atoms with Crippen molar-refractivity contribution in [3.8, 4) is 0 Å². The normalized spacial score (nSPS) is 11.5. The van der Waals surface area contributed by atoms with E-state index in [1.54, 1.807) is 37.3 Å². The first kappa shape index (κ1) is 17.7. The maximum absolute atomic E-state index is 13.0. The van der Waals surface area contributed by atoms with E-state index >= 15 is 0 Å². The van der Waals surface area contributed by atoms with Crippen LogP contribution in [0.25, 0.3) is 6.08 Å². The summed E-state index contributed by atoms with van der Waals surface area (Å²) in [6.45, 7) is 1.70. The van der Waals surface area contributed by atoms with Crippen LogP contribution >= 0.6 is 0 Å². The second-order valence-corrected chi connectivity index (χ2v) is 7.03. The Balaban J connectivity index is 2.01. The molecule has 0 aliphatic rings. The number of rotatable bonds is 5. The number of sulfonamides is 1. The Morgan fingerprint density at radius 3 is 2.38 bits per heavy atom. The largest absolute Gasteiger partial charge is 0.322 e. The van der Waals surface area contributed by atoms with E-state index in [1.165, 1.54) is 24.3 Å². The molecule has 0 saturated carbocycles. The monoisotopic (exact) mass is 348 g/mol. The van der Waals surface area contributed by atoms with Crippen molar-refractivity contribution in [2.24, 2.45) is 0 Å². The third-order valence-electron chi connectivity index (χ3n) is 3.09. The second kappa shape index (κ2) is 7.27. The molecule has 0 bridgehead atoms. The highest BCUT2D eigenvalue weighted by atomic mass is 32.2. The fraction of sp³-hybridized carbons (Fsp3) is 0.118. The van der Waals surface area contributed by atoms with E-state index in [9.17, 15) is 17.6 Å². The summed E-state index contributed by atoms with van der Waals surface area (Å²) in [5.41, 5.74) is 2.35. The van der Waals surface area contributed by atoms with Gasteiger partial charge in [0.15, 0.2) is 0 Å². The first-order valence-electron chi connectivity index (χ1n) is 7.06. The van der Waals surface area contributed by atoms with Gasteiger partial charge in [0.1, 0.15) is 5.82 Å². The van der Waals surface area contributed by atoms with Gasteiger partial charge in [-0.15, -0.1) is 0 Å². The molecule has 2 aromatic carbocycles. The van der Waals surface area contributed by atoms with Crippen molar-refractivity contribution in [3.05, 3.63) is 65.5 Å². The minimum Gasteiger partial charge on any atom is -0.322 e. The van der Waals surface area contributed by atoms with Crippen LogP contribution < -0.4 is 10.0 Å². The molecular formula is C17H17FN2O3S. The molecule has 2 aromatic rings. The molecule has 0 unspecified atom stereocenters. The van der Waals surface area contributed by atoms with Gasteiger partial charge in [-0.05, 0) is 54.5 Å². The summed E-state index contributed by atoms with van der Waals surface area (Å²) < 4.78 is 37.6. The summed E-state index contributed by atoms with van der Waals surface area (Å²) in [5, 5.41) is 2.67. The predicted molar refractivity (Wildman–Crippen MR) is 93.7 cm³/mol. The first-order valence-corrected chi connectivity index (χ1v) is 8.95. The Labute approximate surface area is 140 Å². The molecule has 0 spiro atoms. The highest BCUT2D eigenvalue weighted by molar-refractivity contribution is 7.92. The van der Waals surface area contributed by atoms with E-state index in [1.807, 2.05) is 0 Å². The van der Waals surface area contributed by atoms with Crippen molar-refractivity contribution >= 4 is 33.4 Å². The molecule has 0 atom stereocenters. The number of carbonyl (C=O) groups is 1.